The zero-order valence-electron chi connectivity index (χ0n) is 14.0. The lowest BCUT2D eigenvalue weighted by molar-refractivity contribution is 0.158. The summed E-state index contributed by atoms with van der Waals surface area (Å²) in [5.41, 5.74) is 0.801. The maximum absolute atomic E-state index is 12.3. The summed E-state index contributed by atoms with van der Waals surface area (Å²) in [6, 6.07) is 12.9. The first-order chi connectivity index (χ1) is 12.0. The molecule has 1 aromatic carbocycles. The van der Waals surface area contributed by atoms with Crippen LogP contribution in [-0.2, 0) is 22.3 Å². The number of hydrogen-bond acceptors (Lipinski definition) is 4. The van der Waals surface area contributed by atoms with Crippen molar-refractivity contribution in [1.82, 2.24) is 9.62 Å². The lowest BCUT2D eigenvalue weighted by Gasteiger charge is -2.32. The SMILES string of the molecule is O=S(=O)(Cc1ccccc1)NC[C@H]1CCCN(Cc2ccc(Cl)o2)C1. The third-order valence-corrected chi connectivity index (χ3v) is 5.93. The number of sulfonamides is 1. The number of nitrogens with zero attached hydrogens (tertiary/aromatic N) is 1. The Morgan fingerprint density at radius 1 is 1.20 bits per heavy atom. The van der Waals surface area contributed by atoms with E-state index in [4.69, 9.17) is 16.0 Å². The van der Waals surface area contributed by atoms with Gasteiger partial charge in [-0.15, -0.1) is 0 Å². The Balaban J connectivity index is 1.49. The second kappa shape index (κ2) is 8.36. The fourth-order valence-electron chi connectivity index (χ4n) is 3.21. The molecular weight excluding hydrogens is 360 g/mol. The average molecular weight is 383 g/mol. The molecule has 1 saturated heterocycles. The van der Waals surface area contributed by atoms with Crippen molar-refractivity contribution in [2.75, 3.05) is 19.6 Å². The number of benzene rings is 1. The first kappa shape index (κ1) is 18.5. The van der Waals surface area contributed by atoms with Crippen LogP contribution in [0.5, 0.6) is 0 Å². The van der Waals surface area contributed by atoms with Crippen LogP contribution in [0.3, 0.4) is 0 Å². The number of nitrogens with one attached hydrogen (secondary N) is 1. The fourth-order valence-corrected chi connectivity index (χ4v) is 4.59. The number of hydrogen-bond donors (Lipinski definition) is 1. The molecule has 2 heterocycles. The molecule has 0 aliphatic carbocycles. The minimum Gasteiger partial charge on any atom is -0.448 e. The highest BCUT2D eigenvalue weighted by molar-refractivity contribution is 7.88. The van der Waals surface area contributed by atoms with E-state index in [1.807, 2.05) is 36.4 Å². The molecule has 136 valence electrons. The summed E-state index contributed by atoms with van der Waals surface area (Å²) in [7, 11) is -3.31. The molecule has 2 aromatic rings. The van der Waals surface area contributed by atoms with Crippen LogP contribution >= 0.6 is 11.6 Å². The first-order valence-electron chi connectivity index (χ1n) is 8.48. The summed E-state index contributed by atoms with van der Waals surface area (Å²) in [6.45, 7) is 3.03. The van der Waals surface area contributed by atoms with E-state index in [-0.39, 0.29) is 5.75 Å². The zero-order chi connectivity index (χ0) is 17.7. The maximum Gasteiger partial charge on any atom is 0.215 e. The Morgan fingerprint density at radius 3 is 2.72 bits per heavy atom. The molecule has 5 nitrogen and oxygen atoms in total. The topological polar surface area (TPSA) is 62.6 Å². The summed E-state index contributed by atoms with van der Waals surface area (Å²) >= 11 is 5.81. The van der Waals surface area contributed by atoms with Gasteiger partial charge in [-0.25, -0.2) is 13.1 Å². The summed E-state index contributed by atoms with van der Waals surface area (Å²) < 4.78 is 32.7. The van der Waals surface area contributed by atoms with Crippen LogP contribution in [0.15, 0.2) is 46.9 Å². The Bertz CT molecular complexity index is 777. The number of halogens is 1. The molecule has 1 aliphatic heterocycles. The molecule has 0 bridgehead atoms. The summed E-state index contributed by atoms with van der Waals surface area (Å²) in [5, 5.41) is 0.400. The van der Waals surface area contributed by atoms with Crippen molar-refractivity contribution in [3.63, 3.8) is 0 Å². The molecule has 1 N–H and O–H groups in total. The molecule has 3 rings (SSSR count). The van der Waals surface area contributed by atoms with Gasteiger partial charge in [-0.05, 0) is 54.6 Å². The standard InChI is InChI=1S/C18H23ClN2O3S/c19-18-9-8-17(24-18)13-21-10-4-7-16(12-21)11-20-25(22,23)14-15-5-2-1-3-6-15/h1-3,5-6,8-9,16,20H,4,7,10-14H2/t16-/m1/s1. The van der Waals surface area contributed by atoms with E-state index >= 15 is 0 Å². The average Bonchev–Trinajstić information content (AvgIpc) is 2.99. The third-order valence-electron chi connectivity index (χ3n) is 4.40. The van der Waals surface area contributed by atoms with E-state index in [1.54, 1.807) is 6.07 Å². The van der Waals surface area contributed by atoms with Crippen LogP contribution in [0.2, 0.25) is 5.22 Å². The summed E-state index contributed by atoms with van der Waals surface area (Å²) in [5.74, 6) is 1.18. The quantitative estimate of drug-likeness (QED) is 0.798. The maximum atomic E-state index is 12.3. The van der Waals surface area contributed by atoms with E-state index in [1.165, 1.54) is 0 Å². The van der Waals surface area contributed by atoms with Gasteiger partial charge >= 0.3 is 0 Å². The highest BCUT2D eigenvalue weighted by Gasteiger charge is 2.22. The van der Waals surface area contributed by atoms with Gasteiger partial charge < -0.3 is 4.42 Å². The Hall–Kier alpha value is -1.34. The van der Waals surface area contributed by atoms with E-state index in [2.05, 4.69) is 9.62 Å². The van der Waals surface area contributed by atoms with Crippen LogP contribution in [-0.4, -0.2) is 33.0 Å². The van der Waals surface area contributed by atoms with Gasteiger partial charge in [-0.2, -0.15) is 0 Å². The third kappa shape index (κ3) is 5.85. The van der Waals surface area contributed by atoms with Gasteiger partial charge in [-0.1, -0.05) is 30.3 Å². The minimum absolute atomic E-state index is 0.0230. The van der Waals surface area contributed by atoms with Crippen LogP contribution < -0.4 is 4.72 Å². The second-order valence-corrected chi connectivity index (χ2v) is 8.72. The predicted molar refractivity (Wildman–Crippen MR) is 98.8 cm³/mol. The van der Waals surface area contributed by atoms with Crippen LogP contribution in [0.1, 0.15) is 24.2 Å². The molecule has 1 aromatic heterocycles. The molecule has 0 unspecified atom stereocenters. The van der Waals surface area contributed by atoms with E-state index in [9.17, 15) is 8.42 Å². The predicted octanol–water partition coefficient (Wildman–Crippen LogP) is 3.26. The van der Waals surface area contributed by atoms with Crippen LogP contribution in [0.4, 0.5) is 0 Å². The molecule has 1 atom stereocenters. The van der Waals surface area contributed by atoms with Gasteiger partial charge in [-0.3, -0.25) is 4.90 Å². The molecule has 0 amide bonds. The normalized spacial score (nSPS) is 19.2. The highest BCUT2D eigenvalue weighted by Crippen LogP contribution is 2.20. The Labute approximate surface area is 154 Å². The number of likely N-dealkylation sites (tertiary alicyclic amines) is 1. The van der Waals surface area contributed by atoms with Gasteiger partial charge in [0.15, 0.2) is 5.22 Å². The molecule has 0 saturated carbocycles. The molecule has 1 fully saturated rings. The fraction of sp³-hybridized carbons (Fsp3) is 0.444. The van der Waals surface area contributed by atoms with Crippen molar-refractivity contribution >= 4 is 21.6 Å². The van der Waals surface area contributed by atoms with E-state index in [0.717, 1.165) is 37.3 Å². The van der Waals surface area contributed by atoms with Crippen molar-refractivity contribution in [2.24, 2.45) is 5.92 Å². The zero-order valence-corrected chi connectivity index (χ0v) is 15.6. The number of furan rings is 1. The highest BCUT2D eigenvalue weighted by atomic mass is 35.5. The van der Waals surface area contributed by atoms with Gasteiger partial charge in [0.2, 0.25) is 10.0 Å². The van der Waals surface area contributed by atoms with Crippen molar-refractivity contribution in [1.29, 1.82) is 0 Å². The van der Waals surface area contributed by atoms with Crippen LogP contribution in [0, 0.1) is 5.92 Å². The largest absolute Gasteiger partial charge is 0.448 e. The van der Waals surface area contributed by atoms with Crippen molar-refractivity contribution < 1.29 is 12.8 Å². The lowest BCUT2D eigenvalue weighted by Crippen LogP contribution is -2.40. The molecule has 7 heteroatoms. The Morgan fingerprint density at radius 2 is 2.00 bits per heavy atom. The lowest BCUT2D eigenvalue weighted by atomic mass is 9.98. The molecule has 0 spiro atoms. The molecule has 1 aliphatic rings. The van der Waals surface area contributed by atoms with Gasteiger partial charge in [0.25, 0.3) is 0 Å². The monoisotopic (exact) mass is 382 g/mol. The van der Waals surface area contributed by atoms with Gasteiger partial charge in [0.05, 0.1) is 12.3 Å². The van der Waals surface area contributed by atoms with E-state index < -0.39 is 10.0 Å². The van der Waals surface area contributed by atoms with Crippen molar-refractivity contribution in [3.05, 3.63) is 59.0 Å². The minimum atomic E-state index is -3.31. The van der Waals surface area contributed by atoms with Gasteiger partial charge in [0.1, 0.15) is 5.76 Å². The van der Waals surface area contributed by atoms with Crippen molar-refractivity contribution in [3.8, 4) is 0 Å². The summed E-state index contributed by atoms with van der Waals surface area (Å²) in [6.07, 6.45) is 2.09. The van der Waals surface area contributed by atoms with Crippen molar-refractivity contribution in [2.45, 2.75) is 25.1 Å². The number of rotatable bonds is 7. The summed E-state index contributed by atoms with van der Waals surface area (Å²) in [4.78, 5) is 2.29. The molecular formula is C18H23ClN2O3S. The smallest absolute Gasteiger partial charge is 0.215 e. The molecule has 25 heavy (non-hydrogen) atoms. The molecule has 0 radical (unpaired) electrons. The number of piperidine rings is 1. The first-order valence-corrected chi connectivity index (χ1v) is 10.5. The Kier molecular flexibility index (Phi) is 6.17. The van der Waals surface area contributed by atoms with Crippen LogP contribution in [0.25, 0.3) is 0 Å². The van der Waals surface area contributed by atoms with E-state index in [0.29, 0.717) is 24.2 Å². The van der Waals surface area contributed by atoms with Gasteiger partial charge in [0, 0.05) is 13.1 Å². The second-order valence-electron chi connectivity index (χ2n) is 6.54.